The average molecular weight is 551 g/mol. The van der Waals surface area contributed by atoms with Gasteiger partial charge in [-0.1, -0.05) is 17.8 Å². The molecule has 0 spiro atoms. The summed E-state index contributed by atoms with van der Waals surface area (Å²) in [5.74, 6) is -0.0958. The van der Waals surface area contributed by atoms with Crippen molar-refractivity contribution in [3.05, 3.63) is 59.7 Å². The smallest absolute Gasteiger partial charge is 0.316 e. The Kier molecular flexibility index (Phi) is 7.72. The number of nitrogens with zero attached hydrogens (tertiary/aromatic N) is 7. The number of thioether (sulfide) groups is 1. The van der Waals surface area contributed by atoms with Gasteiger partial charge >= 0.3 is 6.01 Å². The maximum Gasteiger partial charge on any atom is 0.316 e. The number of aromatic nitrogens is 4. The highest BCUT2D eigenvalue weighted by Crippen LogP contribution is 2.42. The monoisotopic (exact) mass is 550 g/mol. The molecule has 1 unspecified atom stereocenters. The lowest BCUT2D eigenvalue weighted by Crippen LogP contribution is -2.50. The first kappa shape index (κ1) is 25.7. The minimum absolute atomic E-state index is 0.0282. The van der Waals surface area contributed by atoms with E-state index in [0.29, 0.717) is 17.6 Å². The number of hydrogen-bond acceptors (Lipinski definition) is 12. The van der Waals surface area contributed by atoms with E-state index in [2.05, 4.69) is 42.1 Å². The van der Waals surface area contributed by atoms with Gasteiger partial charge in [-0.3, -0.25) is 14.6 Å². The Morgan fingerprint density at radius 2 is 1.92 bits per heavy atom. The Labute approximate surface area is 230 Å². The van der Waals surface area contributed by atoms with Crippen molar-refractivity contribution in [3.63, 3.8) is 0 Å². The third kappa shape index (κ3) is 5.76. The summed E-state index contributed by atoms with van der Waals surface area (Å²) < 4.78 is 17.1. The Morgan fingerprint density at radius 3 is 2.64 bits per heavy atom. The molecule has 0 radical (unpaired) electrons. The number of amides is 1. The minimum atomic E-state index is -0.488. The van der Waals surface area contributed by atoms with Crippen LogP contribution in [0.2, 0.25) is 0 Å². The normalized spacial score (nSPS) is 21.2. The molecule has 2 N–H and O–H groups in total. The largest absolute Gasteiger partial charge is 0.460 e. The first-order chi connectivity index (χ1) is 19.2. The molecule has 1 amide bonds. The number of rotatable bonds is 8. The maximum atomic E-state index is 12.6. The molecule has 12 nitrogen and oxygen atoms in total. The topological polar surface area (TPSA) is 136 Å². The molecular formula is C26H30N8O4S. The highest BCUT2D eigenvalue weighted by molar-refractivity contribution is 8.03. The molecule has 39 heavy (non-hydrogen) atoms. The van der Waals surface area contributed by atoms with Crippen LogP contribution >= 0.6 is 11.8 Å². The number of likely N-dealkylation sites (tertiary alicyclic amines) is 1. The molecule has 3 aromatic rings. The summed E-state index contributed by atoms with van der Waals surface area (Å²) in [6, 6.07) is 8.34. The molecule has 2 aromatic heterocycles. The van der Waals surface area contributed by atoms with Crippen molar-refractivity contribution in [2.24, 2.45) is 5.73 Å². The zero-order valence-corrected chi connectivity index (χ0v) is 22.2. The van der Waals surface area contributed by atoms with Gasteiger partial charge in [0.2, 0.25) is 12.3 Å². The van der Waals surface area contributed by atoms with E-state index in [-0.39, 0.29) is 11.6 Å². The van der Waals surface area contributed by atoms with Crippen LogP contribution in [0.1, 0.15) is 18.4 Å². The van der Waals surface area contributed by atoms with E-state index in [9.17, 15) is 4.79 Å². The number of piperidine rings is 1. The van der Waals surface area contributed by atoms with Crippen molar-refractivity contribution in [1.82, 2.24) is 30.0 Å². The van der Waals surface area contributed by atoms with Crippen LogP contribution in [-0.4, -0.2) is 86.9 Å². The SMILES string of the molecule is NC(=O)C1=CSC(N2CCC(Oc3ncccn3)CC2)N1c1ccc(CN2CCOCC2)cc1-c1nnco1. The van der Waals surface area contributed by atoms with E-state index < -0.39 is 5.91 Å². The molecule has 0 bridgehead atoms. The van der Waals surface area contributed by atoms with Crippen LogP contribution in [-0.2, 0) is 16.1 Å². The van der Waals surface area contributed by atoms with Crippen LogP contribution in [0.15, 0.2) is 58.6 Å². The Hall–Kier alpha value is -3.52. The van der Waals surface area contributed by atoms with Crippen molar-refractivity contribution in [1.29, 1.82) is 0 Å². The van der Waals surface area contributed by atoms with E-state index in [1.54, 1.807) is 30.2 Å². The van der Waals surface area contributed by atoms with Gasteiger partial charge in [0.25, 0.3) is 5.91 Å². The van der Waals surface area contributed by atoms with Gasteiger partial charge in [0.1, 0.15) is 17.3 Å². The number of nitrogens with two attached hydrogens (primary N) is 1. The van der Waals surface area contributed by atoms with Crippen molar-refractivity contribution in [2.45, 2.75) is 31.0 Å². The quantitative estimate of drug-likeness (QED) is 0.440. The number of carbonyl (C=O) groups is 1. The van der Waals surface area contributed by atoms with Crippen molar-refractivity contribution in [3.8, 4) is 17.5 Å². The number of morpholine rings is 1. The van der Waals surface area contributed by atoms with Gasteiger partial charge in [0.15, 0.2) is 0 Å². The second kappa shape index (κ2) is 11.7. The molecule has 0 saturated carbocycles. The van der Waals surface area contributed by atoms with Crippen LogP contribution in [0.5, 0.6) is 6.01 Å². The molecule has 0 aliphatic carbocycles. The molecule has 3 aliphatic heterocycles. The lowest BCUT2D eigenvalue weighted by atomic mass is 10.1. The Bertz CT molecular complexity index is 1290. The van der Waals surface area contributed by atoms with Crippen molar-refractivity contribution in [2.75, 3.05) is 44.3 Å². The van der Waals surface area contributed by atoms with E-state index >= 15 is 0 Å². The van der Waals surface area contributed by atoms with Crippen LogP contribution in [0.25, 0.3) is 11.5 Å². The van der Waals surface area contributed by atoms with Crippen molar-refractivity contribution < 1.29 is 18.7 Å². The fraction of sp³-hybridized carbons (Fsp3) is 0.423. The Balaban J connectivity index is 1.25. The molecule has 5 heterocycles. The molecule has 1 aromatic carbocycles. The summed E-state index contributed by atoms with van der Waals surface area (Å²) in [6.07, 6.45) is 6.31. The Morgan fingerprint density at radius 1 is 1.13 bits per heavy atom. The molecule has 3 aliphatic rings. The summed E-state index contributed by atoms with van der Waals surface area (Å²) in [6.45, 7) is 5.55. The number of ether oxygens (including phenoxy) is 2. The third-order valence-electron chi connectivity index (χ3n) is 7.06. The van der Waals surface area contributed by atoms with Gasteiger partial charge < -0.3 is 24.5 Å². The van der Waals surface area contributed by atoms with Crippen molar-refractivity contribution >= 4 is 23.4 Å². The van der Waals surface area contributed by atoms with E-state index in [0.717, 1.165) is 75.6 Å². The van der Waals surface area contributed by atoms with Crippen LogP contribution in [0.4, 0.5) is 5.69 Å². The van der Waals surface area contributed by atoms with Gasteiger partial charge in [0.05, 0.1) is 24.5 Å². The van der Waals surface area contributed by atoms with Gasteiger partial charge in [-0.15, -0.1) is 10.2 Å². The highest BCUT2D eigenvalue weighted by Gasteiger charge is 2.38. The second-order valence-corrected chi connectivity index (χ2v) is 10.5. The number of primary amides is 1. The number of hydrogen-bond donors (Lipinski definition) is 1. The minimum Gasteiger partial charge on any atom is -0.460 e. The molecule has 2 fully saturated rings. The maximum absolute atomic E-state index is 12.6. The summed E-state index contributed by atoms with van der Waals surface area (Å²) in [4.78, 5) is 27.6. The summed E-state index contributed by atoms with van der Waals surface area (Å²) in [7, 11) is 0. The number of benzene rings is 1. The van der Waals surface area contributed by atoms with Crippen LogP contribution in [0, 0.1) is 0 Å². The van der Waals surface area contributed by atoms with Gasteiger partial charge in [0, 0.05) is 50.5 Å². The predicted molar refractivity (Wildman–Crippen MR) is 144 cm³/mol. The lowest BCUT2D eigenvalue weighted by molar-refractivity contribution is -0.114. The molecule has 13 heteroatoms. The van der Waals surface area contributed by atoms with Gasteiger partial charge in [-0.05, 0) is 36.6 Å². The first-order valence-corrected chi connectivity index (χ1v) is 13.9. The van der Waals surface area contributed by atoms with Gasteiger partial charge in [-0.2, -0.15) is 0 Å². The summed E-state index contributed by atoms with van der Waals surface area (Å²) >= 11 is 1.57. The molecule has 2 saturated heterocycles. The summed E-state index contributed by atoms with van der Waals surface area (Å²) in [5.41, 5.74) is 8.81. The van der Waals surface area contributed by atoms with Crippen LogP contribution < -0.4 is 15.4 Å². The zero-order chi connectivity index (χ0) is 26.6. The summed E-state index contributed by atoms with van der Waals surface area (Å²) in [5, 5.41) is 9.95. The van der Waals surface area contributed by atoms with E-state index in [1.165, 1.54) is 6.39 Å². The van der Waals surface area contributed by atoms with E-state index in [1.807, 2.05) is 16.4 Å². The third-order valence-corrected chi connectivity index (χ3v) is 8.17. The number of carbonyl (C=O) groups excluding carboxylic acids is 1. The predicted octanol–water partition coefficient (Wildman–Crippen LogP) is 2.07. The van der Waals surface area contributed by atoms with E-state index in [4.69, 9.17) is 19.6 Å². The molecule has 204 valence electrons. The van der Waals surface area contributed by atoms with Gasteiger partial charge in [-0.25, -0.2) is 9.97 Å². The zero-order valence-electron chi connectivity index (χ0n) is 21.4. The fourth-order valence-electron chi connectivity index (χ4n) is 5.12. The average Bonchev–Trinajstić information content (AvgIpc) is 3.66. The lowest BCUT2D eigenvalue weighted by Gasteiger charge is -2.40. The first-order valence-electron chi connectivity index (χ1n) is 13.0. The number of anilines is 1. The second-order valence-electron chi connectivity index (χ2n) is 9.57. The molecule has 6 rings (SSSR count). The standard InChI is InChI=1S/C26H30N8O4S/c27-23(35)22-16-39-26(33-8-4-19(5-9-33)38-25-28-6-1-7-29-25)34(22)21-3-2-18(15-32-10-12-36-13-11-32)14-20(21)24-31-30-17-37-24/h1-3,6-7,14,16-17,19,26H,4-5,8-13,15H2,(H2,27,35). The molecular weight excluding hydrogens is 520 g/mol. The fourth-order valence-corrected chi connectivity index (χ4v) is 6.33. The molecule has 1 atom stereocenters. The van der Waals surface area contributed by atoms with Crippen LogP contribution in [0.3, 0.4) is 0 Å². The highest BCUT2D eigenvalue weighted by atomic mass is 32.2.